The predicted molar refractivity (Wildman–Crippen MR) is 116 cm³/mol. The number of carbonyl (C=O) groups is 2. The molecular weight excluding hydrogens is 416 g/mol. The van der Waals surface area contributed by atoms with Gasteiger partial charge in [0.05, 0.1) is 19.3 Å². The number of carbonyl (C=O) groups excluding carboxylic acids is 2. The zero-order chi connectivity index (χ0) is 22.1. The first-order chi connectivity index (χ1) is 15.0. The molecule has 0 fully saturated rings. The number of aromatic nitrogens is 2. The van der Waals surface area contributed by atoms with Gasteiger partial charge in [-0.3, -0.25) is 9.59 Å². The van der Waals surface area contributed by atoms with Gasteiger partial charge in [0.15, 0.2) is 0 Å². The van der Waals surface area contributed by atoms with Crippen molar-refractivity contribution in [2.75, 3.05) is 19.4 Å². The summed E-state index contributed by atoms with van der Waals surface area (Å²) in [5.41, 5.74) is 7.25. The van der Waals surface area contributed by atoms with Crippen LogP contribution >= 0.6 is 11.8 Å². The van der Waals surface area contributed by atoms with Crippen molar-refractivity contribution in [1.82, 2.24) is 15.1 Å². The van der Waals surface area contributed by atoms with E-state index in [4.69, 9.17) is 14.9 Å². The molecule has 162 valence electrons. The van der Waals surface area contributed by atoms with Crippen LogP contribution < -0.4 is 10.5 Å². The SMILES string of the molecule is COc1ccc(Cc2nnc(SCC(=O)N(CCC(N)=O)Cc3ccccc3)o2)cc1. The quantitative estimate of drug-likeness (QED) is 0.456. The molecule has 9 heteroatoms. The van der Waals surface area contributed by atoms with E-state index in [1.165, 1.54) is 11.8 Å². The summed E-state index contributed by atoms with van der Waals surface area (Å²) in [6.45, 7) is 0.663. The first kappa shape index (κ1) is 22.4. The Balaban J connectivity index is 1.56. The summed E-state index contributed by atoms with van der Waals surface area (Å²) in [7, 11) is 1.62. The van der Waals surface area contributed by atoms with E-state index in [9.17, 15) is 9.59 Å². The Labute approximate surface area is 184 Å². The van der Waals surface area contributed by atoms with Crippen molar-refractivity contribution in [3.05, 3.63) is 71.6 Å². The monoisotopic (exact) mass is 440 g/mol. The maximum absolute atomic E-state index is 12.7. The number of hydrogen-bond donors (Lipinski definition) is 1. The van der Waals surface area contributed by atoms with Gasteiger partial charge in [0, 0.05) is 19.5 Å². The second-order valence-corrected chi connectivity index (χ2v) is 7.72. The minimum atomic E-state index is -0.446. The number of rotatable bonds is 11. The molecule has 0 atom stereocenters. The van der Waals surface area contributed by atoms with Crippen LogP contribution in [0.2, 0.25) is 0 Å². The molecule has 0 radical (unpaired) electrons. The number of primary amides is 1. The van der Waals surface area contributed by atoms with Crippen LogP contribution in [0.25, 0.3) is 0 Å². The highest BCUT2D eigenvalue weighted by molar-refractivity contribution is 7.99. The van der Waals surface area contributed by atoms with Gasteiger partial charge < -0.3 is 19.8 Å². The molecule has 1 aromatic heterocycles. The number of benzene rings is 2. The van der Waals surface area contributed by atoms with Gasteiger partial charge in [-0.1, -0.05) is 54.2 Å². The standard InChI is InChI=1S/C22H24N4O4S/c1-29-18-9-7-16(8-10-18)13-20-24-25-22(30-20)31-15-21(28)26(12-11-19(23)27)14-17-5-3-2-4-6-17/h2-10H,11-15H2,1H3,(H2,23,27). The van der Waals surface area contributed by atoms with Gasteiger partial charge in [0.25, 0.3) is 5.22 Å². The fraction of sp³-hybridized carbons (Fsp3) is 0.273. The number of methoxy groups -OCH3 is 1. The molecule has 2 aromatic carbocycles. The number of amides is 2. The molecule has 0 aliphatic carbocycles. The Hall–Kier alpha value is -3.33. The zero-order valence-electron chi connectivity index (χ0n) is 17.2. The molecule has 2 N–H and O–H groups in total. The maximum atomic E-state index is 12.7. The van der Waals surface area contributed by atoms with Crippen molar-refractivity contribution in [2.24, 2.45) is 5.73 Å². The lowest BCUT2D eigenvalue weighted by atomic mass is 10.1. The number of nitrogens with zero attached hydrogens (tertiary/aromatic N) is 3. The van der Waals surface area contributed by atoms with Gasteiger partial charge >= 0.3 is 0 Å². The summed E-state index contributed by atoms with van der Waals surface area (Å²) in [4.78, 5) is 25.5. The molecule has 2 amide bonds. The Morgan fingerprint density at radius 1 is 1.06 bits per heavy atom. The maximum Gasteiger partial charge on any atom is 0.277 e. The third-order valence-electron chi connectivity index (χ3n) is 4.48. The summed E-state index contributed by atoms with van der Waals surface area (Å²) < 4.78 is 10.8. The van der Waals surface area contributed by atoms with Gasteiger partial charge in [0.2, 0.25) is 17.7 Å². The Morgan fingerprint density at radius 3 is 2.48 bits per heavy atom. The van der Waals surface area contributed by atoms with Crippen LogP contribution in [-0.2, 0) is 22.6 Å². The van der Waals surface area contributed by atoms with Crippen molar-refractivity contribution in [1.29, 1.82) is 0 Å². The lowest BCUT2D eigenvalue weighted by molar-refractivity contribution is -0.129. The molecule has 8 nitrogen and oxygen atoms in total. The minimum Gasteiger partial charge on any atom is -0.497 e. The third kappa shape index (κ3) is 7.14. The second-order valence-electron chi connectivity index (χ2n) is 6.79. The fourth-order valence-corrected chi connectivity index (χ4v) is 3.52. The molecule has 0 aliphatic rings. The van der Waals surface area contributed by atoms with Crippen molar-refractivity contribution in [3.8, 4) is 5.75 Å². The van der Waals surface area contributed by atoms with Crippen LogP contribution in [0.15, 0.2) is 64.2 Å². The van der Waals surface area contributed by atoms with Crippen LogP contribution in [0, 0.1) is 0 Å². The van der Waals surface area contributed by atoms with Crippen molar-refractivity contribution in [3.63, 3.8) is 0 Å². The normalized spacial score (nSPS) is 10.6. The average molecular weight is 441 g/mol. The van der Waals surface area contributed by atoms with Crippen molar-refractivity contribution in [2.45, 2.75) is 24.6 Å². The van der Waals surface area contributed by atoms with Gasteiger partial charge in [-0.2, -0.15) is 0 Å². The van der Waals surface area contributed by atoms with E-state index in [2.05, 4.69) is 10.2 Å². The van der Waals surface area contributed by atoms with Crippen molar-refractivity contribution < 1.29 is 18.7 Å². The summed E-state index contributed by atoms with van der Waals surface area (Å²) in [5.74, 6) is 0.787. The molecule has 0 saturated carbocycles. The molecule has 0 spiro atoms. The third-order valence-corrected chi connectivity index (χ3v) is 5.28. The Kier molecular flexibility index (Phi) is 8.05. The second kappa shape index (κ2) is 11.2. The fourth-order valence-electron chi connectivity index (χ4n) is 2.84. The predicted octanol–water partition coefficient (Wildman–Crippen LogP) is 2.67. The smallest absolute Gasteiger partial charge is 0.277 e. The summed E-state index contributed by atoms with van der Waals surface area (Å²) in [5, 5.41) is 8.39. The Bertz CT molecular complexity index is 992. The molecule has 0 unspecified atom stereocenters. The van der Waals surface area contributed by atoms with Crippen LogP contribution in [0.3, 0.4) is 0 Å². The molecule has 1 heterocycles. The van der Waals surface area contributed by atoms with Crippen LogP contribution in [0.4, 0.5) is 0 Å². The summed E-state index contributed by atoms with van der Waals surface area (Å²) >= 11 is 1.17. The highest BCUT2D eigenvalue weighted by atomic mass is 32.2. The number of hydrogen-bond acceptors (Lipinski definition) is 7. The lowest BCUT2D eigenvalue weighted by Crippen LogP contribution is -2.34. The first-order valence-corrected chi connectivity index (χ1v) is 10.7. The van der Waals surface area contributed by atoms with E-state index in [0.29, 0.717) is 24.1 Å². The highest BCUT2D eigenvalue weighted by Crippen LogP contribution is 2.20. The van der Waals surface area contributed by atoms with Crippen LogP contribution in [0.1, 0.15) is 23.4 Å². The topological polar surface area (TPSA) is 112 Å². The van der Waals surface area contributed by atoms with Crippen molar-refractivity contribution >= 4 is 23.6 Å². The van der Waals surface area contributed by atoms with E-state index >= 15 is 0 Å². The average Bonchev–Trinajstić information content (AvgIpc) is 3.23. The molecule has 31 heavy (non-hydrogen) atoms. The molecule has 3 aromatic rings. The molecule has 0 aliphatic heterocycles. The summed E-state index contributed by atoms with van der Waals surface area (Å²) in [6.07, 6.45) is 0.597. The van der Waals surface area contributed by atoms with E-state index in [1.807, 2.05) is 54.6 Å². The van der Waals surface area contributed by atoms with Gasteiger partial charge in [-0.15, -0.1) is 10.2 Å². The molecular formula is C22H24N4O4S. The minimum absolute atomic E-state index is 0.107. The van der Waals surface area contributed by atoms with Crippen LogP contribution in [0.5, 0.6) is 5.75 Å². The van der Waals surface area contributed by atoms with Gasteiger partial charge in [-0.05, 0) is 23.3 Å². The van der Waals surface area contributed by atoms with E-state index in [-0.39, 0.29) is 24.6 Å². The number of nitrogens with two attached hydrogens (primary N) is 1. The van der Waals surface area contributed by atoms with Gasteiger partial charge in [0.1, 0.15) is 5.75 Å². The zero-order valence-corrected chi connectivity index (χ0v) is 18.0. The highest BCUT2D eigenvalue weighted by Gasteiger charge is 2.17. The molecule has 3 rings (SSSR count). The van der Waals surface area contributed by atoms with E-state index < -0.39 is 5.91 Å². The Morgan fingerprint density at radius 2 is 1.81 bits per heavy atom. The van der Waals surface area contributed by atoms with E-state index in [1.54, 1.807) is 12.0 Å². The number of ether oxygens (including phenoxy) is 1. The van der Waals surface area contributed by atoms with Crippen LogP contribution in [-0.4, -0.2) is 46.3 Å². The van der Waals surface area contributed by atoms with E-state index in [0.717, 1.165) is 16.9 Å². The first-order valence-electron chi connectivity index (χ1n) is 9.71. The number of thioether (sulfide) groups is 1. The molecule has 0 saturated heterocycles. The summed E-state index contributed by atoms with van der Waals surface area (Å²) in [6, 6.07) is 17.2. The molecule has 0 bridgehead atoms. The largest absolute Gasteiger partial charge is 0.497 e. The van der Waals surface area contributed by atoms with Gasteiger partial charge in [-0.25, -0.2) is 0 Å². The lowest BCUT2D eigenvalue weighted by Gasteiger charge is -2.22.